The second-order valence-corrected chi connectivity index (χ2v) is 6.21. The van der Waals surface area contributed by atoms with Gasteiger partial charge in [0, 0.05) is 24.4 Å². The molecule has 3 heteroatoms. The van der Waals surface area contributed by atoms with Gasteiger partial charge >= 0.3 is 0 Å². The van der Waals surface area contributed by atoms with Crippen LogP contribution in [-0.2, 0) is 11.2 Å². The molecule has 1 aromatic carbocycles. The molecule has 2 aliphatic rings. The number of methoxy groups -OCH3 is 1. The van der Waals surface area contributed by atoms with Crippen LogP contribution in [0, 0.1) is 5.92 Å². The number of benzene rings is 1. The van der Waals surface area contributed by atoms with Crippen molar-refractivity contribution in [2.45, 2.75) is 44.2 Å². The van der Waals surface area contributed by atoms with Gasteiger partial charge in [0.25, 0.3) is 0 Å². The third-order valence-electron chi connectivity index (χ3n) is 5.07. The molecule has 2 atom stereocenters. The number of carbonyl (C=O) groups is 1. The Bertz CT molecular complexity index is 486. The fourth-order valence-corrected chi connectivity index (χ4v) is 3.80. The molecule has 0 spiro atoms. The summed E-state index contributed by atoms with van der Waals surface area (Å²) in [6.45, 7) is 0. The zero-order chi connectivity index (χ0) is 14.1. The van der Waals surface area contributed by atoms with E-state index in [1.807, 2.05) is 24.3 Å². The molecular formula is C17H23NO2. The van der Waals surface area contributed by atoms with Gasteiger partial charge in [0.15, 0.2) is 0 Å². The number of ether oxygens (including phenoxy) is 1. The van der Waals surface area contributed by atoms with E-state index in [-0.39, 0.29) is 5.92 Å². The Balaban J connectivity index is 1.65. The van der Waals surface area contributed by atoms with Gasteiger partial charge in [-0.15, -0.1) is 0 Å². The van der Waals surface area contributed by atoms with Crippen LogP contribution >= 0.6 is 0 Å². The summed E-state index contributed by atoms with van der Waals surface area (Å²) in [5.41, 5.74) is 1.07. The van der Waals surface area contributed by atoms with Crippen LogP contribution in [0.5, 0.6) is 5.75 Å². The summed E-state index contributed by atoms with van der Waals surface area (Å²) in [5.74, 6) is 1.50. The highest BCUT2D eigenvalue weighted by Gasteiger charge is 2.40. The first kappa shape index (κ1) is 13.6. The molecule has 2 unspecified atom stereocenters. The van der Waals surface area contributed by atoms with Gasteiger partial charge in [0.2, 0.25) is 0 Å². The molecule has 2 fully saturated rings. The van der Waals surface area contributed by atoms with Crippen molar-refractivity contribution in [3.63, 3.8) is 0 Å². The SMILES string of the molecule is COc1cccc(CC(=O)C2CC3CCC(C2)N3C)c1. The first-order chi connectivity index (χ1) is 9.67. The number of rotatable bonds is 4. The lowest BCUT2D eigenvalue weighted by Crippen LogP contribution is -2.42. The third kappa shape index (κ3) is 2.59. The minimum atomic E-state index is 0.259. The number of ketones is 1. The van der Waals surface area contributed by atoms with Gasteiger partial charge < -0.3 is 9.64 Å². The van der Waals surface area contributed by atoms with Crippen LogP contribution in [0.1, 0.15) is 31.2 Å². The minimum Gasteiger partial charge on any atom is -0.497 e. The molecule has 2 heterocycles. The standard InChI is InChI=1S/C17H23NO2/c1-18-14-6-7-15(18)11-13(10-14)17(19)9-12-4-3-5-16(8-12)20-2/h3-5,8,13-15H,6-7,9-11H2,1-2H3. The molecule has 2 bridgehead atoms. The summed E-state index contributed by atoms with van der Waals surface area (Å²) in [5, 5.41) is 0. The summed E-state index contributed by atoms with van der Waals surface area (Å²) < 4.78 is 5.22. The van der Waals surface area contributed by atoms with Crippen LogP contribution in [-0.4, -0.2) is 36.9 Å². The van der Waals surface area contributed by atoms with E-state index in [9.17, 15) is 4.79 Å². The Hall–Kier alpha value is -1.35. The fraction of sp³-hybridized carbons (Fsp3) is 0.588. The van der Waals surface area contributed by atoms with Gasteiger partial charge in [0.1, 0.15) is 11.5 Å². The van der Waals surface area contributed by atoms with Crippen LogP contribution in [0.3, 0.4) is 0 Å². The largest absolute Gasteiger partial charge is 0.497 e. The zero-order valence-electron chi connectivity index (χ0n) is 12.3. The van der Waals surface area contributed by atoms with E-state index >= 15 is 0 Å². The number of hydrogen-bond donors (Lipinski definition) is 0. The molecule has 3 nitrogen and oxygen atoms in total. The quantitative estimate of drug-likeness (QED) is 0.844. The Morgan fingerprint density at radius 1 is 1.30 bits per heavy atom. The van der Waals surface area contributed by atoms with E-state index in [0.717, 1.165) is 24.2 Å². The van der Waals surface area contributed by atoms with Crippen LogP contribution in [0.25, 0.3) is 0 Å². The maximum Gasteiger partial charge on any atom is 0.140 e. The van der Waals surface area contributed by atoms with Gasteiger partial charge in [-0.05, 0) is 50.4 Å². The molecule has 1 aromatic rings. The van der Waals surface area contributed by atoms with Crippen molar-refractivity contribution < 1.29 is 9.53 Å². The van der Waals surface area contributed by atoms with Crippen LogP contribution < -0.4 is 4.74 Å². The monoisotopic (exact) mass is 273 g/mol. The maximum absolute atomic E-state index is 12.5. The van der Waals surface area contributed by atoms with E-state index in [1.165, 1.54) is 12.8 Å². The summed E-state index contributed by atoms with van der Waals surface area (Å²) in [7, 11) is 3.88. The smallest absolute Gasteiger partial charge is 0.140 e. The highest BCUT2D eigenvalue weighted by molar-refractivity contribution is 5.83. The average molecular weight is 273 g/mol. The van der Waals surface area contributed by atoms with Gasteiger partial charge in [-0.2, -0.15) is 0 Å². The molecule has 3 rings (SSSR count). The molecule has 0 amide bonds. The fourth-order valence-electron chi connectivity index (χ4n) is 3.80. The van der Waals surface area contributed by atoms with Crippen molar-refractivity contribution in [2.24, 2.45) is 5.92 Å². The lowest BCUT2D eigenvalue weighted by Gasteiger charge is -2.35. The summed E-state index contributed by atoms with van der Waals surface area (Å²) >= 11 is 0. The average Bonchev–Trinajstić information content (AvgIpc) is 2.68. The minimum absolute atomic E-state index is 0.259. The van der Waals surface area contributed by atoms with E-state index < -0.39 is 0 Å². The molecule has 108 valence electrons. The first-order valence-electron chi connectivity index (χ1n) is 7.55. The lowest BCUT2D eigenvalue weighted by atomic mass is 9.85. The highest BCUT2D eigenvalue weighted by Crippen LogP contribution is 2.38. The van der Waals surface area contributed by atoms with E-state index in [2.05, 4.69) is 11.9 Å². The molecule has 0 N–H and O–H groups in total. The third-order valence-corrected chi connectivity index (χ3v) is 5.07. The lowest BCUT2D eigenvalue weighted by molar-refractivity contribution is -0.124. The molecule has 0 aliphatic carbocycles. The maximum atomic E-state index is 12.5. The molecule has 0 saturated carbocycles. The number of Topliss-reactive ketones (excluding diaryl/α,β-unsaturated/α-hetero) is 1. The van der Waals surface area contributed by atoms with E-state index in [1.54, 1.807) is 7.11 Å². The second-order valence-electron chi connectivity index (χ2n) is 6.21. The molecule has 0 radical (unpaired) electrons. The van der Waals surface area contributed by atoms with Gasteiger partial charge in [-0.3, -0.25) is 4.79 Å². The molecule has 20 heavy (non-hydrogen) atoms. The van der Waals surface area contributed by atoms with Crippen LogP contribution in [0.15, 0.2) is 24.3 Å². The molecule has 2 aliphatic heterocycles. The number of nitrogens with zero attached hydrogens (tertiary/aromatic N) is 1. The van der Waals surface area contributed by atoms with E-state index in [4.69, 9.17) is 4.74 Å². The van der Waals surface area contributed by atoms with Crippen LogP contribution in [0.2, 0.25) is 0 Å². The van der Waals surface area contributed by atoms with Crippen molar-refractivity contribution in [3.05, 3.63) is 29.8 Å². The number of piperidine rings is 1. The Morgan fingerprint density at radius 3 is 2.65 bits per heavy atom. The Labute approximate surface area is 120 Å². The Kier molecular flexibility index (Phi) is 3.79. The van der Waals surface area contributed by atoms with Gasteiger partial charge in [-0.25, -0.2) is 0 Å². The van der Waals surface area contributed by atoms with Gasteiger partial charge in [0.05, 0.1) is 7.11 Å². The number of hydrogen-bond acceptors (Lipinski definition) is 3. The van der Waals surface area contributed by atoms with Crippen molar-refractivity contribution in [1.82, 2.24) is 4.90 Å². The second kappa shape index (κ2) is 5.57. The molecular weight excluding hydrogens is 250 g/mol. The highest BCUT2D eigenvalue weighted by atomic mass is 16.5. The van der Waals surface area contributed by atoms with Crippen molar-refractivity contribution in [2.75, 3.05) is 14.2 Å². The topological polar surface area (TPSA) is 29.5 Å². The van der Waals surface area contributed by atoms with Crippen molar-refractivity contribution in [1.29, 1.82) is 0 Å². The van der Waals surface area contributed by atoms with Crippen LogP contribution in [0.4, 0.5) is 0 Å². The molecule has 0 aromatic heterocycles. The predicted octanol–water partition coefficient (Wildman–Crippen LogP) is 2.68. The normalized spacial score (nSPS) is 29.4. The zero-order valence-corrected chi connectivity index (χ0v) is 12.3. The summed E-state index contributed by atoms with van der Waals surface area (Å²) in [6, 6.07) is 9.13. The van der Waals surface area contributed by atoms with Crippen molar-refractivity contribution >= 4 is 5.78 Å². The number of fused-ring (bicyclic) bond motifs is 2. The van der Waals surface area contributed by atoms with Gasteiger partial charge in [-0.1, -0.05) is 12.1 Å². The summed E-state index contributed by atoms with van der Waals surface area (Å²) in [6.07, 6.45) is 5.19. The van der Waals surface area contributed by atoms with Crippen molar-refractivity contribution in [3.8, 4) is 5.75 Å². The first-order valence-corrected chi connectivity index (χ1v) is 7.55. The molecule has 2 saturated heterocycles. The predicted molar refractivity (Wildman–Crippen MR) is 79.0 cm³/mol. The van der Waals surface area contributed by atoms with E-state index in [0.29, 0.717) is 24.3 Å². The number of carbonyl (C=O) groups excluding carboxylic acids is 1. The summed E-state index contributed by atoms with van der Waals surface area (Å²) in [4.78, 5) is 15.0. The Morgan fingerprint density at radius 2 is 2.00 bits per heavy atom.